The summed E-state index contributed by atoms with van der Waals surface area (Å²) in [6.07, 6.45) is -0.0361. The van der Waals surface area contributed by atoms with Gasteiger partial charge in [-0.05, 0) is 29.3 Å². The minimum Gasteiger partial charge on any atom is -0.461 e. The van der Waals surface area contributed by atoms with Crippen LogP contribution in [0.2, 0.25) is 0 Å². The predicted molar refractivity (Wildman–Crippen MR) is 165 cm³/mol. The highest BCUT2D eigenvalue weighted by atomic mass is 32.2. The molecule has 0 aliphatic carbocycles. The summed E-state index contributed by atoms with van der Waals surface area (Å²) in [6, 6.07) is 9.35. The van der Waals surface area contributed by atoms with Crippen molar-refractivity contribution in [2.45, 2.75) is 25.3 Å². The second kappa shape index (κ2) is 14.7. The van der Waals surface area contributed by atoms with Crippen molar-refractivity contribution >= 4 is 86.0 Å². The molecule has 3 rings (SSSR count). The zero-order valence-electron chi connectivity index (χ0n) is 22.9. The molecular weight excluding hydrogens is 565 g/mol. The molecule has 3 aromatic carbocycles. The largest absolute Gasteiger partial charge is 0.461 e. The van der Waals surface area contributed by atoms with Gasteiger partial charge in [-0.25, -0.2) is 14.4 Å². The average molecular weight is 585 g/mol. The summed E-state index contributed by atoms with van der Waals surface area (Å²) >= 11 is 0. The quantitative estimate of drug-likeness (QED) is 0.129. The Morgan fingerprint density at radius 2 is 1.37 bits per heavy atom. The number of hydrogen-bond acceptors (Lipinski definition) is 8. The van der Waals surface area contributed by atoms with Crippen LogP contribution in [0.5, 0.6) is 11.5 Å². The van der Waals surface area contributed by atoms with E-state index >= 15 is 0 Å². The van der Waals surface area contributed by atoms with Crippen LogP contribution in [-0.4, -0.2) is 90.3 Å². The molecule has 12 radical (unpaired) electrons. The van der Waals surface area contributed by atoms with E-state index < -0.39 is 46.1 Å². The highest BCUT2D eigenvalue weighted by Crippen LogP contribution is 2.29. The van der Waals surface area contributed by atoms with Gasteiger partial charge in [-0.15, -0.1) is 0 Å². The Kier molecular flexibility index (Phi) is 11.6. The number of esters is 3. The Balaban J connectivity index is 2.03. The number of carbonyl (C=O) groups excluding carboxylic acids is 3. The lowest BCUT2D eigenvalue weighted by atomic mass is 9.77. The smallest absolute Gasteiger partial charge is 0.343 e. The molecule has 0 aromatic heterocycles. The lowest BCUT2D eigenvalue weighted by Gasteiger charge is -2.17. The first-order chi connectivity index (χ1) is 20.3. The molecule has 0 bridgehead atoms. The van der Waals surface area contributed by atoms with Crippen LogP contribution in [0.15, 0.2) is 42.5 Å². The van der Waals surface area contributed by atoms with E-state index in [1.807, 2.05) is 0 Å². The number of ether oxygens (including phenoxy) is 3. The normalized spacial score (nSPS) is 11.1. The summed E-state index contributed by atoms with van der Waals surface area (Å²) in [6.45, 7) is -0.698. The molecular formula is C27H20B6O9S. The van der Waals surface area contributed by atoms with Gasteiger partial charge in [-0.1, -0.05) is 65.5 Å². The highest BCUT2D eigenvalue weighted by Gasteiger charge is 2.23. The van der Waals surface area contributed by atoms with Gasteiger partial charge in [-0.2, -0.15) is 8.42 Å². The lowest BCUT2D eigenvalue weighted by molar-refractivity contribution is 0.0522. The van der Waals surface area contributed by atoms with Crippen LogP contribution >= 0.6 is 0 Å². The summed E-state index contributed by atoms with van der Waals surface area (Å²) in [5.41, 5.74) is 1.85. The van der Waals surface area contributed by atoms with Crippen LogP contribution in [0.4, 0.5) is 0 Å². The molecule has 3 aromatic rings. The molecule has 0 atom stereocenters. The number of benzene rings is 3. The summed E-state index contributed by atoms with van der Waals surface area (Å²) in [7, 11) is 30.5. The summed E-state index contributed by atoms with van der Waals surface area (Å²) in [4.78, 5) is 39.2. The summed E-state index contributed by atoms with van der Waals surface area (Å²) in [5, 5.41) is 0. The van der Waals surface area contributed by atoms with Crippen LogP contribution in [-0.2, 0) is 40.1 Å². The third kappa shape index (κ3) is 8.70. The Bertz CT molecular complexity index is 1660. The Morgan fingerprint density at radius 3 is 1.98 bits per heavy atom. The second-order valence-corrected chi connectivity index (χ2v) is 10.7. The van der Waals surface area contributed by atoms with E-state index in [9.17, 15) is 22.8 Å². The van der Waals surface area contributed by atoms with E-state index in [0.29, 0.717) is 16.7 Å². The molecule has 0 unspecified atom stereocenters. The van der Waals surface area contributed by atoms with E-state index in [1.54, 1.807) is 6.07 Å². The van der Waals surface area contributed by atoms with Crippen molar-refractivity contribution in [1.82, 2.24) is 0 Å². The fourth-order valence-electron chi connectivity index (χ4n) is 4.10. The van der Waals surface area contributed by atoms with Crippen molar-refractivity contribution in [2.75, 3.05) is 12.4 Å². The minimum atomic E-state index is -4.43. The fraction of sp³-hybridized carbons (Fsp3) is 0.222. The standard InChI is InChI=1S/C27H20B6O9S/c28-10-14-5-15(11-29)21(12-30)19(6-14)27(36)42-24-9-17(1-2-18(24)25(34)40-3-4-43(37,38)39)41-26(35)20-7-16(32)8-23(33)22(20)13-31/h1-2,5-9H,3-4,10-13H2,(H,37,38,39). The minimum absolute atomic E-state index is 0.00672. The first-order valence-corrected chi connectivity index (χ1v) is 14.3. The molecule has 206 valence electrons. The van der Waals surface area contributed by atoms with Crippen molar-refractivity contribution in [2.24, 2.45) is 0 Å². The van der Waals surface area contributed by atoms with Crippen molar-refractivity contribution in [3.63, 3.8) is 0 Å². The molecule has 43 heavy (non-hydrogen) atoms. The van der Waals surface area contributed by atoms with E-state index in [2.05, 4.69) is 0 Å². The maximum atomic E-state index is 13.4. The molecule has 0 amide bonds. The van der Waals surface area contributed by atoms with Gasteiger partial charge >= 0.3 is 17.9 Å². The average Bonchev–Trinajstić information content (AvgIpc) is 2.95. The molecule has 16 heteroatoms. The Morgan fingerprint density at radius 1 is 0.721 bits per heavy atom. The zero-order chi connectivity index (χ0) is 31.9. The molecule has 0 saturated heterocycles. The van der Waals surface area contributed by atoms with Crippen molar-refractivity contribution in [1.29, 1.82) is 0 Å². The van der Waals surface area contributed by atoms with Gasteiger partial charge in [0, 0.05) is 6.07 Å². The molecule has 0 spiro atoms. The number of carbonyl (C=O) groups is 3. The molecule has 1 N–H and O–H groups in total. The fourth-order valence-corrected chi connectivity index (χ4v) is 4.40. The van der Waals surface area contributed by atoms with Crippen molar-refractivity contribution in [3.8, 4) is 11.5 Å². The van der Waals surface area contributed by atoms with E-state index in [-0.39, 0.29) is 64.2 Å². The van der Waals surface area contributed by atoms with E-state index in [4.69, 9.17) is 65.8 Å². The Hall–Kier alpha value is -3.63. The van der Waals surface area contributed by atoms with Crippen LogP contribution in [0.3, 0.4) is 0 Å². The first kappa shape index (κ1) is 33.9. The van der Waals surface area contributed by atoms with Crippen LogP contribution < -0.4 is 20.4 Å². The lowest BCUT2D eigenvalue weighted by Crippen LogP contribution is -2.25. The highest BCUT2D eigenvalue weighted by molar-refractivity contribution is 7.85. The maximum Gasteiger partial charge on any atom is 0.343 e. The predicted octanol–water partition coefficient (Wildman–Crippen LogP) is -0.569. The van der Waals surface area contributed by atoms with E-state index in [0.717, 1.165) is 12.1 Å². The van der Waals surface area contributed by atoms with Crippen LogP contribution in [0, 0.1) is 0 Å². The maximum absolute atomic E-state index is 13.4. The van der Waals surface area contributed by atoms with Crippen molar-refractivity contribution < 1.29 is 41.6 Å². The van der Waals surface area contributed by atoms with Crippen LogP contribution in [0.1, 0.15) is 53.3 Å². The molecule has 9 nitrogen and oxygen atoms in total. The third-order valence-corrected chi connectivity index (χ3v) is 6.86. The molecule has 0 aliphatic heterocycles. The first-order valence-electron chi connectivity index (χ1n) is 12.6. The van der Waals surface area contributed by atoms with Crippen LogP contribution in [0.25, 0.3) is 0 Å². The number of rotatable bonds is 12. The van der Waals surface area contributed by atoms with Gasteiger partial charge in [0.25, 0.3) is 10.1 Å². The van der Waals surface area contributed by atoms with Crippen molar-refractivity contribution in [3.05, 3.63) is 81.4 Å². The monoisotopic (exact) mass is 586 g/mol. The zero-order valence-corrected chi connectivity index (χ0v) is 23.7. The summed E-state index contributed by atoms with van der Waals surface area (Å²) in [5.74, 6) is -4.39. The molecule has 0 aliphatic rings. The second-order valence-electron chi connectivity index (χ2n) is 9.09. The third-order valence-electron chi connectivity index (χ3n) is 6.17. The van der Waals surface area contributed by atoms with Gasteiger partial charge in [-0.3, -0.25) is 4.55 Å². The summed E-state index contributed by atoms with van der Waals surface area (Å²) < 4.78 is 46.9. The van der Waals surface area contributed by atoms with Gasteiger partial charge in [0.15, 0.2) is 0 Å². The Labute approximate surface area is 257 Å². The van der Waals surface area contributed by atoms with Gasteiger partial charge in [0.2, 0.25) is 0 Å². The van der Waals surface area contributed by atoms with Gasteiger partial charge < -0.3 is 14.2 Å². The molecule has 0 saturated carbocycles. The van der Waals surface area contributed by atoms with E-state index in [1.165, 1.54) is 24.3 Å². The molecule has 0 heterocycles. The molecule has 0 fully saturated rings. The SMILES string of the molecule is [B]Cc1cc(C[B])c(C[B])c(C(=O)Oc2cc(OC(=O)c3cc([B])cc([B])c3C[B])ccc2C(=O)OCCS(=O)(=O)O)c1. The number of hydrogen-bond donors (Lipinski definition) is 1. The van der Waals surface area contributed by atoms with Gasteiger partial charge in [0.1, 0.15) is 45.1 Å². The topological polar surface area (TPSA) is 133 Å². The van der Waals surface area contributed by atoms with Gasteiger partial charge in [0.05, 0.1) is 42.5 Å².